The quantitative estimate of drug-likeness (QED) is 0.843. The summed E-state index contributed by atoms with van der Waals surface area (Å²) in [5.41, 5.74) is 0.0188. The number of hydrogen-bond acceptors (Lipinski definition) is 2. The smallest absolute Gasteiger partial charge is 0.251 e. The summed E-state index contributed by atoms with van der Waals surface area (Å²) in [6.07, 6.45) is 0.975. The normalized spacial score (nSPS) is 23.7. The Hall–Kier alpha value is -1.49. The monoisotopic (exact) mass is 254 g/mol. The number of benzene rings is 1. The van der Waals surface area contributed by atoms with Gasteiger partial charge < -0.3 is 10.6 Å². The Morgan fingerprint density at radius 3 is 2.61 bits per heavy atom. The molecule has 0 aromatic heterocycles. The molecule has 98 valence electrons. The van der Waals surface area contributed by atoms with Crippen molar-refractivity contribution in [3.8, 4) is 0 Å². The van der Waals surface area contributed by atoms with Crippen molar-refractivity contribution in [2.24, 2.45) is 5.92 Å². The lowest BCUT2D eigenvalue weighted by molar-refractivity contribution is 0.0914. The van der Waals surface area contributed by atoms with E-state index in [1.54, 1.807) is 0 Å². The summed E-state index contributed by atoms with van der Waals surface area (Å²) in [4.78, 5) is 11.9. The van der Waals surface area contributed by atoms with Crippen molar-refractivity contribution in [1.82, 2.24) is 10.6 Å². The lowest BCUT2D eigenvalue weighted by Crippen LogP contribution is -2.50. The molecule has 1 heterocycles. The molecule has 0 aliphatic carbocycles. The number of amides is 1. The molecule has 1 amide bonds. The summed E-state index contributed by atoms with van der Waals surface area (Å²) >= 11 is 0. The van der Waals surface area contributed by atoms with Gasteiger partial charge in [-0.15, -0.1) is 0 Å². The van der Waals surface area contributed by atoms with Crippen LogP contribution in [0.15, 0.2) is 18.2 Å². The molecule has 2 atom stereocenters. The molecule has 1 aromatic rings. The summed E-state index contributed by atoms with van der Waals surface area (Å²) in [7, 11) is 0. The summed E-state index contributed by atoms with van der Waals surface area (Å²) in [5.74, 6) is -1.56. The van der Waals surface area contributed by atoms with Gasteiger partial charge in [-0.25, -0.2) is 8.78 Å². The first kappa shape index (κ1) is 13.0. The molecule has 0 spiro atoms. The van der Waals surface area contributed by atoms with Gasteiger partial charge >= 0.3 is 0 Å². The lowest BCUT2D eigenvalue weighted by Gasteiger charge is -2.30. The molecule has 3 nitrogen and oxygen atoms in total. The van der Waals surface area contributed by atoms with Gasteiger partial charge in [-0.3, -0.25) is 4.79 Å². The summed E-state index contributed by atoms with van der Waals surface area (Å²) in [6, 6.07) is 2.83. The summed E-state index contributed by atoms with van der Waals surface area (Å²) in [5, 5.41) is 5.99. The Morgan fingerprint density at radius 2 is 2.00 bits per heavy atom. The maximum absolute atomic E-state index is 13.0. The van der Waals surface area contributed by atoms with Crippen LogP contribution in [0.3, 0.4) is 0 Å². The number of halogens is 2. The summed E-state index contributed by atoms with van der Waals surface area (Å²) < 4.78 is 26.0. The fraction of sp³-hybridized carbons (Fsp3) is 0.462. The Balaban J connectivity index is 2.06. The van der Waals surface area contributed by atoms with Crippen LogP contribution in [0.25, 0.3) is 0 Å². The average molecular weight is 254 g/mol. The molecule has 5 heteroatoms. The SMILES string of the molecule is CC1CCNCC1NC(=O)c1cc(F)cc(F)c1. The summed E-state index contributed by atoms with van der Waals surface area (Å²) in [6.45, 7) is 3.67. The maximum atomic E-state index is 13.0. The van der Waals surface area contributed by atoms with Crippen LogP contribution in [0.5, 0.6) is 0 Å². The Kier molecular flexibility index (Phi) is 3.91. The number of carbonyl (C=O) groups is 1. The molecule has 18 heavy (non-hydrogen) atoms. The first-order chi connectivity index (χ1) is 8.56. The van der Waals surface area contributed by atoms with Crippen molar-refractivity contribution >= 4 is 5.91 Å². The predicted octanol–water partition coefficient (Wildman–Crippen LogP) is 1.69. The molecule has 1 aliphatic rings. The second kappa shape index (κ2) is 5.44. The first-order valence-electron chi connectivity index (χ1n) is 6.04. The largest absolute Gasteiger partial charge is 0.348 e. The third-order valence-corrected chi connectivity index (χ3v) is 3.27. The van der Waals surface area contributed by atoms with E-state index in [1.807, 2.05) is 0 Å². The van der Waals surface area contributed by atoms with Crippen molar-refractivity contribution in [3.05, 3.63) is 35.4 Å². The molecule has 1 saturated heterocycles. The fourth-order valence-corrected chi connectivity index (χ4v) is 2.12. The maximum Gasteiger partial charge on any atom is 0.251 e. The topological polar surface area (TPSA) is 41.1 Å². The van der Waals surface area contributed by atoms with E-state index in [2.05, 4.69) is 17.6 Å². The van der Waals surface area contributed by atoms with Gasteiger partial charge in [0.15, 0.2) is 0 Å². The zero-order valence-corrected chi connectivity index (χ0v) is 10.2. The minimum absolute atomic E-state index is 0.00224. The average Bonchev–Trinajstić information content (AvgIpc) is 2.31. The molecular weight excluding hydrogens is 238 g/mol. The van der Waals surface area contributed by atoms with E-state index in [9.17, 15) is 13.6 Å². The minimum Gasteiger partial charge on any atom is -0.348 e. The first-order valence-corrected chi connectivity index (χ1v) is 6.04. The van der Waals surface area contributed by atoms with Gasteiger partial charge in [0.2, 0.25) is 0 Å². The standard InChI is InChI=1S/C13H16F2N2O/c1-8-2-3-16-7-12(8)17-13(18)9-4-10(14)6-11(15)5-9/h4-6,8,12,16H,2-3,7H2,1H3,(H,17,18). The van der Waals surface area contributed by atoms with Crippen LogP contribution < -0.4 is 10.6 Å². The number of rotatable bonds is 2. The minimum atomic E-state index is -0.741. The Labute approximate surface area is 105 Å². The van der Waals surface area contributed by atoms with Crippen molar-refractivity contribution < 1.29 is 13.6 Å². The number of carbonyl (C=O) groups excluding carboxylic acids is 1. The molecule has 2 N–H and O–H groups in total. The molecule has 0 radical (unpaired) electrons. The van der Waals surface area contributed by atoms with E-state index < -0.39 is 17.5 Å². The third kappa shape index (κ3) is 3.04. The molecule has 1 fully saturated rings. The van der Waals surface area contributed by atoms with E-state index in [-0.39, 0.29) is 11.6 Å². The van der Waals surface area contributed by atoms with Crippen LogP contribution in [-0.2, 0) is 0 Å². The van der Waals surface area contributed by atoms with Crippen LogP contribution in [0, 0.1) is 17.6 Å². The zero-order valence-electron chi connectivity index (χ0n) is 10.2. The van der Waals surface area contributed by atoms with E-state index in [4.69, 9.17) is 0 Å². The van der Waals surface area contributed by atoms with Gasteiger partial charge in [0, 0.05) is 24.2 Å². The molecular formula is C13H16F2N2O. The van der Waals surface area contributed by atoms with E-state index in [0.29, 0.717) is 12.5 Å². The van der Waals surface area contributed by atoms with Crippen molar-refractivity contribution in [2.45, 2.75) is 19.4 Å². The van der Waals surface area contributed by atoms with Crippen LogP contribution in [0.2, 0.25) is 0 Å². The van der Waals surface area contributed by atoms with E-state index in [0.717, 1.165) is 31.2 Å². The number of piperidine rings is 1. The second-order valence-corrected chi connectivity index (χ2v) is 4.71. The second-order valence-electron chi connectivity index (χ2n) is 4.71. The highest BCUT2D eigenvalue weighted by Gasteiger charge is 2.23. The van der Waals surface area contributed by atoms with Crippen molar-refractivity contribution in [2.75, 3.05) is 13.1 Å². The molecule has 0 bridgehead atoms. The van der Waals surface area contributed by atoms with Gasteiger partial charge in [-0.2, -0.15) is 0 Å². The lowest BCUT2D eigenvalue weighted by atomic mass is 9.94. The highest BCUT2D eigenvalue weighted by Crippen LogP contribution is 2.13. The number of nitrogens with one attached hydrogen (secondary N) is 2. The van der Waals surface area contributed by atoms with Gasteiger partial charge in [0.1, 0.15) is 11.6 Å². The number of hydrogen-bond donors (Lipinski definition) is 2. The molecule has 2 rings (SSSR count). The van der Waals surface area contributed by atoms with Gasteiger partial charge in [0.05, 0.1) is 0 Å². The van der Waals surface area contributed by atoms with Crippen LogP contribution in [0.1, 0.15) is 23.7 Å². The van der Waals surface area contributed by atoms with Gasteiger partial charge in [-0.1, -0.05) is 6.92 Å². The van der Waals surface area contributed by atoms with E-state index >= 15 is 0 Å². The predicted molar refractivity (Wildman–Crippen MR) is 64.3 cm³/mol. The van der Waals surface area contributed by atoms with Gasteiger partial charge in [0.25, 0.3) is 5.91 Å². The molecule has 2 unspecified atom stereocenters. The van der Waals surface area contributed by atoms with Gasteiger partial charge in [-0.05, 0) is 31.0 Å². The van der Waals surface area contributed by atoms with Crippen molar-refractivity contribution in [1.29, 1.82) is 0 Å². The Morgan fingerprint density at radius 1 is 1.33 bits per heavy atom. The molecule has 1 aliphatic heterocycles. The molecule has 1 aromatic carbocycles. The van der Waals surface area contributed by atoms with Crippen LogP contribution in [-0.4, -0.2) is 25.0 Å². The highest BCUT2D eigenvalue weighted by molar-refractivity contribution is 5.94. The molecule has 0 saturated carbocycles. The zero-order chi connectivity index (χ0) is 13.1. The van der Waals surface area contributed by atoms with Crippen molar-refractivity contribution in [3.63, 3.8) is 0 Å². The van der Waals surface area contributed by atoms with Crippen LogP contribution in [0.4, 0.5) is 8.78 Å². The Bertz CT molecular complexity index is 430. The fourth-order valence-electron chi connectivity index (χ4n) is 2.12. The third-order valence-electron chi connectivity index (χ3n) is 3.27. The highest BCUT2D eigenvalue weighted by atomic mass is 19.1. The van der Waals surface area contributed by atoms with E-state index in [1.165, 1.54) is 0 Å². The van der Waals surface area contributed by atoms with Crippen LogP contribution >= 0.6 is 0 Å².